The molecule has 1 aliphatic rings. The number of carbonyl (C=O) groups is 1. The molecule has 0 aliphatic heterocycles. The summed E-state index contributed by atoms with van der Waals surface area (Å²) in [5.74, 6) is -0.340. The van der Waals surface area contributed by atoms with E-state index in [1.54, 1.807) is 0 Å². The Morgan fingerprint density at radius 2 is 2.00 bits per heavy atom. The minimum Gasteiger partial charge on any atom is -0.435 e. The average molecular weight is 271 g/mol. The molecule has 1 aromatic rings. The van der Waals surface area contributed by atoms with Gasteiger partial charge in [0.2, 0.25) is 0 Å². The zero-order chi connectivity index (χ0) is 13.9. The Bertz CT molecular complexity index is 444. The number of nitrogens with one attached hydrogen (secondary N) is 1. The smallest absolute Gasteiger partial charge is 0.387 e. The molecule has 0 unspecified atom stereocenters. The predicted octanol–water partition coefficient (Wildman–Crippen LogP) is 1.93. The Labute approximate surface area is 109 Å². The molecule has 0 aromatic heterocycles. The van der Waals surface area contributed by atoms with Gasteiger partial charge in [-0.1, -0.05) is 0 Å². The van der Waals surface area contributed by atoms with Crippen LogP contribution in [0.25, 0.3) is 0 Å². The van der Waals surface area contributed by atoms with E-state index in [4.69, 9.17) is 0 Å². The van der Waals surface area contributed by atoms with Gasteiger partial charge < -0.3 is 15.2 Å². The molecule has 0 spiro atoms. The number of aliphatic hydroxyl groups is 1. The lowest BCUT2D eigenvalue weighted by molar-refractivity contribution is -0.0498. The van der Waals surface area contributed by atoms with Gasteiger partial charge in [-0.25, -0.2) is 0 Å². The molecule has 4 nitrogen and oxygen atoms in total. The summed E-state index contributed by atoms with van der Waals surface area (Å²) in [4.78, 5) is 11.8. The third kappa shape index (κ3) is 3.64. The Morgan fingerprint density at radius 3 is 2.47 bits per heavy atom. The number of benzene rings is 1. The van der Waals surface area contributed by atoms with Crippen molar-refractivity contribution in [2.45, 2.75) is 31.5 Å². The van der Waals surface area contributed by atoms with Crippen molar-refractivity contribution < 1.29 is 23.4 Å². The monoisotopic (exact) mass is 271 g/mol. The van der Waals surface area contributed by atoms with Crippen molar-refractivity contribution in [3.63, 3.8) is 0 Å². The third-order valence-electron chi connectivity index (χ3n) is 3.20. The van der Waals surface area contributed by atoms with E-state index in [9.17, 15) is 18.7 Å². The first-order chi connectivity index (χ1) is 8.98. The molecule has 1 aromatic carbocycles. The molecule has 0 radical (unpaired) electrons. The van der Waals surface area contributed by atoms with Crippen LogP contribution in [-0.4, -0.2) is 29.8 Å². The van der Waals surface area contributed by atoms with Gasteiger partial charge in [-0.3, -0.25) is 4.79 Å². The van der Waals surface area contributed by atoms with Crippen LogP contribution in [0.15, 0.2) is 24.3 Å². The SMILES string of the molecule is O=C(NCC1(O)CCC1)c1ccc(OC(F)F)cc1. The third-order valence-corrected chi connectivity index (χ3v) is 3.20. The van der Waals surface area contributed by atoms with Crippen LogP contribution >= 0.6 is 0 Å². The van der Waals surface area contributed by atoms with Crippen molar-refractivity contribution in [1.82, 2.24) is 5.32 Å². The number of carbonyl (C=O) groups excluding carboxylic acids is 1. The predicted molar refractivity (Wildman–Crippen MR) is 64.2 cm³/mol. The quantitative estimate of drug-likeness (QED) is 0.860. The molecule has 0 atom stereocenters. The number of ether oxygens (including phenoxy) is 1. The second-order valence-corrected chi connectivity index (χ2v) is 4.66. The van der Waals surface area contributed by atoms with Crippen molar-refractivity contribution in [3.8, 4) is 5.75 Å². The molecule has 0 saturated heterocycles. The molecular weight excluding hydrogens is 256 g/mol. The van der Waals surface area contributed by atoms with Crippen LogP contribution in [-0.2, 0) is 0 Å². The van der Waals surface area contributed by atoms with E-state index in [1.165, 1.54) is 24.3 Å². The summed E-state index contributed by atoms with van der Waals surface area (Å²) in [6.07, 6.45) is 2.34. The highest BCUT2D eigenvalue weighted by Crippen LogP contribution is 2.30. The van der Waals surface area contributed by atoms with E-state index in [2.05, 4.69) is 10.1 Å². The summed E-state index contributed by atoms with van der Waals surface area (Å²) >= 11 is 0. The van der Waals surface area contributed by atoms with E-state index in [-0.39, 0.29) is 18.2 Å². The molecule has 1 aliphatic carbocycles. The molecule has 6 heteroatoms. The van der Waals surface area contributed by atoms with Crippen molar-refractivity contribution in [1.29, 1.82) is 0 Å². The lowest BCUT2D eigenvalue weighted by Gasteiger charge is -2.36. The van der Waals surface area contributed by atoms with E-state index >= 15 is 0 Å². The number of alkyl halides is 2. The van der Waals surface area contributed by atoms with Crippen LogP contribution < -0.4 is 10.1 Å². The standard InChI is InChI=1S/C13H15F2NO3/c14-12(15)19-10-4-2-9(3-5-10)11(17)16-8-13(18)6-1-7-13/h2-5,12,18H,1,6-8H2,(H,16,17). The van der Waals surface area contributed by atoms with Crippen molar-refractivity contribution >= 4 is 5.91 Å². The molecule has 2 rings (SSSR count). The second kappa shape index (κ2) is 5.52. The van der Waals surface area contributed by atoms with Gasteiger partial charge in [-0.05, 0) is 43.5 Å². The van der Waals surface area contributed by atoms with E-state index in [0.29, 0.717) is 18.4 Å². The van der Waals surface area contributed by atoms with Crippen molar-refractivity contribution in [2.24, 2.45) is 0 Å². The molecule has 0 heterocycles. The maximum absolute atomic E-state index is 11.9. The Morgan fingerprint density at radius 1 is 1.37 bits per heavy atom. The largest absolute Gasteiger partial charge is 0.435 e. The topological polar surface area (TPSA) is 58.6 Å². The number of rotatable bonds is 5. The first-order valence-corrected chi connectivity index (χ1v) is 6.04. The Kier molecular flexibility index (Phi) is 3.99. The number of amides is 1. The molecule has 1 fully saturated rings. The molecule has 19 heavy (non-hydrogen) atoms. The summed E-state index contributed by atoms with van der Waals surface area (Å²) in [5.41, 5.74) is -0.446. The van der Waals surface area contributed by atoms with Gasteiger partial charge in [0.25, 0.3) is 5.91 Å². The summed E-state index contributed by atoms with van der Waals surface area (Å²) in [6.45, 7) is -2.67. The maximum atomic E-state index is 11.9. The van der Waals surface area contributed by atoms with Crippen LogP contribution in [0.4, 0.5) is 8.78 Å². The summed E-state index contributed by atoms with van der Waals surface area (Å²) in [5, 5.41) is 12.5. The van der Waals surface area contributed by atoms with Crippen LogP contribution in [0.1, 0.15) is 29.6 Å². The lowest BCUT2D eigenvalue weighted by Crippen LogP contribution is -2.47. The molecular formula is C13H15F2NO3. The molecule has 2 N–H and O–H groups in total. The van der Waals surface area contributed by atoms with Crippen LogP contribution in [0.5, 0.6) is 5.75 Å². The minimum absolute atomic E-state index is 0.00386. The van der Waals surface area contributed by atoms with E-state index < -0.39 is 12.2 Å². The molecule has 1 saturated carbocycles. The van der Waals surface area contributed by atoms with Gasteiger partial charge in [0.1, 0.15) is 5.75 Å². The fourth-order valence-electron chi connectivity index (χ4n) is 1.90. The van der Waals surface area contributed by atoms with Gasteiger partial charge in [0.05, 0.1) is 5.60 Å². The minimum atomic E-state index is -2.88. The van der Waals surface area contributed by atoms with E-state index in [1.807, 2.05) is 0 Å². The zero-order valence-corrected chi connectivity index (χ0v) is 10.2. The van der Waals surface area contributed by atoms with Crippen molar-refractivity contribution in [2.75, 3.05) is 6.54 Å². The second-order valence-electron chi connectivity index (χ2n) is 4.66. The Hall–Kier alpha value is -1.69. The van der Waals surface area contributed by atoms with Gasteiger partial charge in [0.15, 0.2) is 0 Å². The maximum Gasteiger partial charge on any atom is 0.387 e. The van der Waals surface area contributed by atoms with Crippen LogP contribution in [0.3, 0.4) is 0 Å². The average Bonchev–Trinajstić information content (AvgIpc) is 2.34. The summed E-state index contributed by atoms with van der Waals surface area (Å²) < 4.78 is 28.1. The molecule has 0 bridgehead atoms. The first kappa shape index (κ1) is 13.7. The van der Waals surface area contributed by atoms with E-state index in [0.717, 1.165) is 6.42 Å². The van der Waals surface area contributed by atoms with Gasteiger partial charge in [-0.2, -0.15) is 8.78 Å². The van der Waals surface area contributed by atoms with Gasteiger partial charge >= 0.3 is 6.61 Å². The number of halogens is 2. The van der Waals surface area contributed by atoms with Gasteiger partial charge in [-0.15, -0.1) is 0 Å². The fourth-order valence-corrected chi connectivity index (χ4v) is 1.90. The Balaban J connectivity index is 1.88. The number of hydrogen-bond acceptors (Lipinski definition) is 3. The zero-order valence-electron chi connectivity index (χ0n) is 10.2. The number of hydrogen-bond donors (Lipinski definition) is 2. The molecule has 1 amide bonds. The highest BCUT2D eigenvalue weighted by molar-refractivity contribution is 5.94. The normalized spacial score (nSPS) is 16.8. The van der Waals surface area contributed by atoms with Crippen LogP contribution in [0.2, 0.25) is 0 Å². The fraction of sp³-hybridized carbons (Fsp3) is 0.462. The summed E-state index contributed by atoms with van der Waals surface area (Å²) in [6, 6.07) is 5.41. The summed E-state index contributed by atoms with van der Waals surface area (Å²) in [7, 11) is 0. The van der Waals surface area contributed by atoms with Crippen LogP contribution in [0, 0.1) is 0 Å². The highest BCUT2D eigenvalue weighted by Gasteiger charge is 2.34. The van der Waals surface area contributed by atoms with Gasteiger partial charge in [0, 0.05) is 12.1 Å². The van der Waals surface area contributed by atoms with Crippen molar-refractivity contribution in [3.05, 3.63) is 29.8 Å². The molecule has 104 valence electrons. The first-order valence-electron chi connectivity index (χ1n) is 6.04. The highest BCUT2D eigenvalue weighted by atomic mass is 19.3. The lowest BCUT2D eigenvalue weighted by atomic mass is 9.80.